The van der Waals surface area contributed by atoms with Crippen molar-refractivity contribution in [2.45, 2.75) is 111 Å². The summed E-state index contributed by atoms with van der Waals surface area (Å²) in [5, 5.41) is 0. The van der Waals surface area contributed by atoms with Crippen molar-refractivity contribution in [3.63, 3.8) is 0 Å². The topological polar surface area (TPSA) is 159 Å². The molecule has 0 aliphatic carbocycles. The van der Waals surface area contributed by atoms with E-state index >= 15 is 0 Å². The fourth-order valence-corrected chi connectivity index (χ4v) is 3.51. The highest BCUT2D eigenvalue weighted by Gasteiger charge is 2.23. The van der Waals surface area contributed by atoms with Gasteiger partial charge in [0.05, 0.1) is 6.61 Å². The van der Waals surface area contributed by atoms with E-state index in [1.165, 1.54) is 12.1 Å². The normalized spacial score (nSPS) is 13.6. The zero-order valence-corrected chi connectivity index (χ0v) is 25.0. The molecule has 0 aliphatic heterocycles. The molecule has 0 amide bonds. The lowest BCUT2D eigenvalue weighted by molar-refractivity contribution is -0.152. The molecular formula is C29H45NO11. The second kappa shape index (κ2) is 19.5. The first-order valence-corrected chi connectivity index (χ1v) is 14.1. The van der Waals surface area contributed by atoms with E-state index in [2.05, 4.69) is 0 Å². The van der Waals surface area contributed by atoms with Crippen LogP contribution in [-0.4, -0.2) is 62.0 Å². The number of hydrogen-bond donors (Lipinski definition) is 1. The number of ether oxygens (including phenoxy) is 7. The van der Waals surface area contributed by atoms with Crippen molar-refractivity contribution in [2.75, 3.05) is 13.2 Å². The van der Waals surface area contributed by atoms with E-state index in [1.54, 1.807) is 26.8 Å². The van der Waals surface area contributed by atoms with Crippen LogP contribution in [0.4, 0.5) is 14.4 Å². The molecule has 0 radical (unpaired) electrons. The van der Waals surface area contributed by atoms with Gasteiger partial charge in [-0.15, -0.1) is 0 Å². The van der Waals surface area contributed by atoms with Crippen molar-refractivity contribution in [2.24, 2.45) is 5.73 Å². The summed E-state index contributed by atoms with van der Waals surface area (Å²) < 4.78 is 36.2. The summed E-state index contributed by atoms with van der Waals surface area (Å²) in [6, 6.07) is 3.28. The van der Waals surface area contributed by atoms with E-state index in [1.807, 2.05) is 20.8 Å². The van der Waals surface area contributed by atoms with Crippen LogP contribution in [0.3, 0.4) is 0 Å². The molecule has 2 N–H and O–H groups in total. The number of nitrogens with two attached hydrogens (primary N) is 1. The molecule has 4 atom stereocenters. The number of benzene rings is 1. The van der Waals surface area contributed by atoms with Gasteiger partial charge in [-0.1, -0.05) is 46.1 Å². The smallest absolute Gasteiger partial charge is 0.458 e. The minimum absolute atomic E-state index is 0.00136. The molecule has 12 heteroatoms. The standard InChI is InChI=1S/C29H45NO11/c1-7-10-15-35-27(32)36-18-21(6)37-26(31)23(30)16-22-13-14-24(40-28(33)38-19(4)11-8-2)25(17-22)41-29(34)39-20(5)12-9-3/h13-14,17,19-21,23H,7-12,15-16,18,30H2,1-6H3/t19-,20?,21?,23-/m0/s1. The maximum atomic E-state index is 12.5. The van der Waals surface area contributed by atoms with Crippen LogP contribution < -0.4 is 15.2 Å². The summed E-state index contributed by atoms with van der Waals surface area (Å²) in [4.78, 5) is 48.7. The minimum atomic E-state index is -1.09. The molecule has 0 aromatic heterocycles. The van der Waals surface area contributed by atoms with Gasteiger partial charge in [0.2, 0.25) is 0 Å². The summed E-state index contributed by atoms with van der Waals surface area (Å²) in [5.74, 6) is -0.917. The summed E-state index contributed by atoms with van der Waals surface area (Å²) in [7, 11) is 0. The summed E-state index contributed by atoms with van der Waals surface area (Å²) in [6.07, 6.45) is 0.227. The molecule has 0 bridgehead atoms. The SMILES string of the molecule is CCCCOC(=O)OCC(C)OC(=O)[C@@H](N)Cc1ccc(OC(=O)O[C@@H](C)CCC)c(OC(=O)OC(C)CCC)c1. The molecule has 1 rings (SSSR count). The van der Waals surface area contributed by atoms with Crippen LogP contribution in [0.25, 0.3) is 0 Å². The van der Waals surface area contributed by atoms with Gasteiger partial charge >= 0.3 is 24.4 Å². The largest absolute Gasteiger partial charge is 0.514 e. The van der Waals surface area contributed by atoms with E-state index in [0.29, 0.717) is 18.4 Å². The van der Waals surface area contributed by atoms with Gasteiger partial charge in [-0.05, 0) is 64.2 Å². The van der Waals surface area contributed by atoms with Crippen LogP contribution in [0.2, 0.25) is 0 Å². The van der Waals surface area contributed by atoms with Crippen LogP contribution in [0.15, 0.2) is 18.2 Å². The highest BCUT2D eigenvalue weighted by atomic mass is 16.8. The Bertz CT molecular complexity index is 968. The van der Waals surface area contributed by atoms with Crippen LogP contribution in [0.5, 0.6) is 11.5 Å². The van der Waals surface area contributed by atoms with Crippen LogP contribution in [-0.2, 0) is 34.9 Å². The molecule has 232 valence electrons. The van der Waals surface area contributed by atoms with Gasteiger partial charge in [-0.2, -0.15) is 0 Å². The molecule has 0 saturated heterocycles. The average molecular weight is 584 g/mol. The van der Waals surface area contributed by atoms with Gasteiger partial charge in [0, 0.05) is 0 Å². The van der Waals surface area contributed by atoms with Crippen LogP contribution in [0, 0.1) is 0 Å². The van der Waals surface area contributed by atoms with Gasteiger partial charge < -0.3 is 38.9 Å². The lowest BCUT2D eigenvalue weighted by atomic mass is 10.1. The van der Waals surface area contributed by atoms with Crippen molar-refractivity contribution in [1.82, 2.24) is 0 Å². The first-order valence-electron chi connectivity index (χ1n) is 14.1. The van der Waals surface area contributed by atoms with Gasteiger partial charge in [-0.25, -0.2) is 14.4 Å². The molecular weight excluding hydrogens is 538 g/mol. The quantitative estimate of drug-likeness (QED) is 0.101. The van der Waals surface area contributed by atoms with E-state index in [9.17, 15) is 19.2 Å². The highest BCUT2D eigenvalue weighted by molar-refractivity contribution is 5.76. The lowest BCUT2D eigenvalue weighted by Crippen LogP contribution is -2.37. The van der Waals surface area contributed by atoms with Gasteiger partial charge in [0.15, 0.2) is 11.5 Å². The second-order valence-corrected chi connectivity index (χ2v) is 9.74. The minimum Gasteiger partial charge on any atom is -0.458 e. The fourth-order valence-electron chi connectivity index (χ4n) is 3.51. The summed E-state index contributed by atoms with van der Waals surface area (Å²) in [6.45, 7) is 11.0. The van der Waals surface area contributed by atoms with Crippen LogP contribution in [0.1, 0.15) is 85.6 Å². The Labute approximate surface area is 242 Å². The predicted octanol–water partition coefficient (Wildman–Crippen LogP) is 5.85. The molecule has 1 aromatic carbocycles. The Kier molecular flexibility index (Phi) is 16.9. The Balaban J connectivity index is 2.87. The van der Waals surface area contributed by atoms with Crippen LogP contribution >= 0.6 is 0 Å². The molecule has 12 nitrogen and oxygen atoms in total. The molecule has 0 spiro atoms. The number of unbranched alkanes of at least 4 members (excludes halogenated alkanes) is 1. The third-order valence-electron chi connectivity index (χ3n) is 5.61. The molecule has 0 aliphatic rings. The highest BCUT2D eigenvalue weighted by Crippen LogP contribution is 2.30. The molecule has 0 heterocycles. The third kappa shape index (κ3) is 15.1. The average Bonchev–Trinajstić information content (AvgIpc) is 2.89. The van der Waals surface area contributed by atoms with E-state index in [0.717, 1.165) is 25.7 Å². The van der Waals surface area contributed by atoms with Gasteiger partial charge in [-0.3, -0.25) is 4.79 Å². The maximum absolute atomic E-state index is 12.5. The Morgan fingerprint density at radius 3 is 1.88 bits per heavy atom. The lowest BCUT2D eigenvalue weighted by Gasteiger charge is -2.18. The van der Waals surface area contributed by atoms with Crippen molar-refractivity contribution in [1.29, 1.82) is 0 Å². The zero-order chi connectivity index (χ0) is 30.8. The van der Waals surface area contributed by atoms with Crippen molar-refractivity contribution in [3.8, 4) is 11.5 Å². The number of rotatable bonds is 17. The van der Waals surface area contributed by atoms with E-state index in [-0.39, 0.29) is 43.3 Å². The van der Waals surface area contributed by atoms with Gasteiger partial charge in [0.25, 0.3) is 0 Å². The molecule has 0 fully saturated rings. The van der Waals surface area contributed by atoms with E-state index in [4.69, 9.17) is 38.9 Å². The number of carbonyl (C=O) groups excluding carboxylic acids is 4. The number of esters is 1. The molecule has 41 heavy (non-hydrogen) atoms. The van der Waals surface area contributed by atoms with Crippen molar-refractivity contribution in [3.05, 3.63) is 23.8 Å². The molecule has 2 unspecified atom stereocenters. The van der Waals surface area contributed by atoms with Crippen molar-refractivity contribution < 1.29 is 52.3 Å². The Morgan fingerprint density at radius 1 is 0.732 bits per heavy atom. The third-order valence-corrected chi connectivity index (χ3v) is 5.61. The first-order chi connectivity index (χ1) is 19.5. The molecule has 1 aromatic rings. The fraction of sp³-hybridized carbons (Fsp3) is 0.655. The maximum Gasteiger partial charge on any atom is 0.514 e. The van der Waals surface area contributed by atoms with Crippen molar-refractivity contribution >= 4 is 24.4 Å². The number of hydrogen-bond acceptors (Lipinski definition) is 12. The summed E-state index contributed by atoms with van der Waals surface area (Å²) >= 11 is 0. The second-order valence-electron chi connectivity index (χ2n) is 9.74. The monoisotopic (exact) mass is 583 g/mol. The summed E-state index contributed by atoms with van der Waals surface area (Å²) in [5.41, 5.74) is 6.53. The van der Waals surface area contributed by atoms with E-state index < -0.39 is 36.6 Å². The Morgan fingerprint density at radius 2 is 1.32 bits per heavy atom. The molecule has 0 saturated carbocycles. The zero-order valence-electron chi connectivity index (χ0n) is 25.0. The first kappa shape index (κ1) is 35.5. The Hall–Kier alpha value is -3.54. The van der Waals surface area contributed by atoms with Gasteiger partial charge in [0.1, 0.15) is 31.0 Å². The predicted molar refractivity (Wildman–Crippen MR) is 149 cm³/mol. The number of carbonyl (C=O) groups is 4.